The molecule has 6 nitrogen and oxygen atoms in total. The number of hydrogen-bond donors (Lipinski definition) is 1. The summed E-state index contributed by atoms with van der Waals surface area (Å²) in [6.45, 7) is 1.02. The Balaban J connectivity index is 0.00000196. The number of carbonyl (C=O) groups excluding carboxylic acids is 1. The van der Waals surface area contributed by atoms with Crippen LogP contribution >= 0.6 is 0 Å². The predicted octanol–water partition coefficient (Wildman–Crippen LogP) is 3.09. The normalized spacial score (nSPS) is 38.8. The van der Waals surface area contributed by atoms with Crippen molar-refractivity contribution in [2.45, 2.75) is 70.3 Å². The van der Waals surface area contributed by atoms with E-state index in [0.717, 1.165) is 30.1 Å². The topological polar surface area (TPSA) is 98.3 Å². The average Bonchev–Trinajstić information content (AvgIpc) is 3.23. The first-order chi connectivity index (χ1) is 12.2. The Kier molecular flexibility index (Phi) is 6.10. The Morgan fingerprint density at radius 1 is 0.846 bits per heavy atom. The minimum absolute atomic E-state index is 0. The zero-order valence-corrected chi connectivity index (χ0v) is 15.6. The molecule has 0 aromatic carbocycles. The number of nitrogens with zero attached hydrogens (tertiary/aromatic N) is 1. The van der Waals surface area contributed by atoms with Gasteiger partial charge in [0.1, 0.15) is 6.04 Å². The van der Waals surface area contributed by atoms with E-state index in [1.165, 1.54) is 56.3 Å². The van der Waals surface area contributed by atoms with E-state index in [1.807, 2.05) is 0 Å². The van der Waals surface area contributed by atoms with Gasteiger partial charge in [0, 0.05) is 6.54 Å². The summed E-state index contributed by atoms with van der Waals surface area (Å²) in [4.78, 5) is 25.2. The second-order valence-corrected chi connectivity index (χ2v) is 8.65. The Morgan fingerprint density at radius 3 is 1.92 bits per heavy atom. The summed E-state index contributed by atoms with van der Waals surface area (Å²) in [5.41, 5.74) is 0. The lowest BCUT2D eigenvalue weighted by Gasteiger charge is -2.32. The Hall–Kier alpha value is -1.30. The molecule has 4 aliphatic rings. The molecule has 26 heavy (non-hydrogen) atoms. The molecular formula is C20H33NO5. The van der Waals surface area contributed by atoms with Crippen molar-refractivity contribution in [3.63, 3.8) is 0 Å². The molecule has 6 heteroatoms. The second kappa shape index (κ2) is 8.15. The fourth-order valence-electron chi connectivity index (χ4n) is 6.56. The number of likely N-dealkylation sites (tertiary alicyclic amines) is 1. The van der Waals surface area contributed by atoms with E-state index in [0.29, 0.717) is 25.5 Å². The smallest absolute Gasteiger partial charge is 0.410 e. The zero-order valence-electron chi connectivity index (χ0n) is 15.6. The third-order valence-electron chi connectivity index (χ3n) is 7.57. The first kappa shape index (κ1) is 19.5. The number of fused-ring (bicyclic) bond motifs is 3. The van der Waals surface area contributed by atoms with Crippen molar-refractivity contribution < 1.29 is 24.9 Å². The molecule has 1 amide bonds. The summed E-state index contributed by atoms with van der Waals surface area (Å²) >= 11 is 0. The van der Waals surface area contributed by atoms with Gasteiger partial charge in [0.15, 0.2) is 0 Å². The van der Waals surface area contributed by atoms with E-state index in [-0.39, 0.29) is 5.48 Å². The van der Waals surface area contributed by atoms with Crippen LogP contribution in [0.1, 0.15) is 64.2 Å². The van der Waals surface area contributed by atoms with Crippen molar-refractivity contribution in [1.29, 1.82) is 0 Å². The zero-order chi connectivity index (χ0) is 17.4. The quantitative estimate of drug-likeness (QED) is 0.828. The molecule has 3 aliphatic carbocycles. The van der Waals surface area contributed by atoms with Crippen molar-refractivity contribution in [2.75, 3.05) is 13.2 Å². The van der Waals surface area contributed by atoms with Crippen molar-refractivity contribution in [1.82, 2.24) is 4.90 Å². The van der Waals surface area contributed by atoms with Gasteiger partial charge in [0.25, 0.3) is 0 Å². The SMILES string of the molecule is O.O=C(O)C1CCCN1C(=O)OCC1C2CCCCC2C2CCCCC21. The molecule has 5 atom stereocenters. The van der Waals surface area contributed by atoms with Gasteiger partial charge in [-0.1, -0.05) is 25.7 Å². The molecule has 0 aromatic heterocycles. The summed E-state index contributed by atoms with van der Waals surface area (Å²) in [6.07, 6.45) is 11.6. The number of amides is 1. The third kappa shape index (κ3) is 3.45. The second-order valence-electron chi connectivity index (χ2n) is 8.65. The summed E-state index contributed by atoms with van der Waals surface area (Å²) < 4.78 is 5.71. The van der Waals surface area contributed by atoms with Crippen molar-refractivity contribution in [3.05, 3.63) is 0 Å². The van der Waals surface area contributed by atoms with Crippen LogP contribution in [0.15, 0.2) is 0 Å². The van der Waals surface area contributed by atoms with Gasteiger partial charge in [-0.15, -0.1) is 0 Å². The fourth-order valence-corrected chi connectivity index (χ4v) is 6.56. The standard InChI is InChI=1S/C20H31NO4.H2O/c22-19(23)18-10-5-11-21(18)20(24)25-12-17-15-8-3-1-6-13(15)14-7-2-4-9-16(14)17;/h13-18H,1-12H2,(H,22,23);1H2. The number of carbonyl (C=O) groups is 2. The molecule has 1 heterocycles. The van der Waals surface area contributed by atoms with Crippen LogP contribution in [-0.2, 0) is 9.53 Å². The maximum atomic E-state index is 12.5. The van der Waals surface area contributed by atoms with E-state index in [2.05, 4.69) is 0 Å². The fraction of sp³-hybridized carbons (Fsp3) is 0.900. The van der Waals surface area contributed by atoms with Gasteiger partial charge < -0.3 is 15.3 Å². The largest absolute Gasteiger partial charge is 0.480 e. The van der Waals surface area contributed by atoms with Crippen molar-refractivity contribution >= 4 is 12.1 Å². The van der Waals surface area contributed by atoms with Crippen LogP contribution < -0.4 is 0 Å². The number of aliphatic carboxylic acids is 1. The molecule has 148 valence electrons. The van der Waals surface area contributed by atoms with Gasteiger partial charge in [-0.05, 0) is 68.1 Å². The summed E-state index contributed by atoms with van der Waals surface area (Å²) in [5, 5.41) is 9.27. The maximum absolute atomic E-state index is 12.5. The van der Waals surface area contributed by atoms with Crippen LogP contribution in [0.5, 0.6) is 0 Å². The van der Waals surface area contributed by atoms with Gasteiger partial charge in [-0.3, -0.25) is 4.90 Å². The van der Waals surface area contributed by atoms with Gasteiger partial charge in [0.2, 0.25) is 0 Å². The first-order valence-electron chi connectivity index (χ1n) is 10.3. The Labute approximate surface area is 155 Å². The molecule has 0 aromatic rings. The molecule has 4 fully saturated rings. The van der Waals surface area contributed by atoms with E-state index in [9.17, 15) is 14.7 Å². The average molecular weight is 367 g/mol. The number of hydrogen-bond acceptors (Lipinski definition) is 3. The van der Waals surface area contributed by atoms with Crippen molar-refractivity contribution in [3.8, 4) is 0 Å². The van der Waals surface area contributed by atoms with Gasteiger partial charge in [0.05, 0.1) is 6.61 Å². The monoisotopic (exact) mass is 367 g/mol. The third-order valence-corrected chi connectivity index (χ3v) is 7.57. The van der Waals surface area contributed by atoms with Crippen molar-refractivity contribution in [2.24, 2.45) is 29.6 Å². The molecule has 4 rings (SSSR count). The molecule has 5 unspecified atom stereocenters. The van der Waals surface area contributed by atoms with Gasteiger partial charge in [-0.2, -0.15) is 0 Å². The summed E-state index contributed by atoms with van der Waals surface area (Å²) in [7, 11) is 0. The highest BCUT2D eigenvalue weighted by Crippen LogP contribution is 2.57. The molecule has 1 aliphatic heterocycles. The van der Waals surface area contributed by atoms with E-state index in [4.69, 9.17) is 4.74 Å². The molecule has 3 saturated carbocycles. The Bertz CT molecular complexity index is 502. The maximum Gasteiger partial charge on any atom is 0.410 e. The first-order valence-corrected chi connectivity index (χ1v) is 10.3. The Morgan fingerprint density at radius 2 is 1.38 bits per heavy atom. The lowest BCUT2D eigenvalue weighted by atomic mass is 9.73. The molecule has 0 spiro atoms. The van der Waals surface area contributed by atoms with Crippen LogP contribution in [0.3, 0.4) is 0 Å². The highest BCUT2D eigenvalue weighted by molar-refractivity contribution is 5.80. The molecular weight excluding hydrogens is 334 g/mol. The number of carboxylic acids is 1. The van der Waals surface area contributed by atoms with Crippen LogP contribution in [0.4, 0.5) is 4.79 Å². The molecule has 0 bridgehead atoms. The number of carboxylic acid groups (broad SMARTS) is 1. The summed E-state index contributed by atoms with van der Waals surface area (Å²) in [5.74, 6) is 2.75. The van der Waals surface area contributed by atoms with Crippen LogP contribution in [0.25, 0.3) is 0 Å². The van der Waals surface area contributed by atoms with Crippen LogP contribution in [-0.4, -0.2) is 46.7 Å². The molecule has 3 N–H and O–H groups in total. The lowest BCUT2D eigenvalue weighted by Crippen LogP contribution is -2.41. The highest BCUT2D eigenvalue weighted by atomic mass is 16.6. The number of ether oxygens (including phenoxy) is 1. The predicted molar refractivity (Wildman–Crippen MR) is 96.7 cm³/mol. The molecule has 1 saturated heterocycles. The minimum Gasteiger partial charge on any atom is -0.480 e. The number of rotatable bonds is 3. The minimum atomic E-state index is -0.907. The van der Waals surface area contributed by atoms with E-state index in [1.54, 1.807) is 0 Å². The van der Waals surface area contributed by atoms with Crippen LogP contribution in [0, 0.1) is 29.6 Å². The molecule has 0 radical (unpaired) electrons. The summed E-state index contributed by atoms with van der Waals surface area (Å²) in [6, 6.07) is -0.694. The van der Waals surface area contributed by atoms with Gasteiger partial charge in [-0.25, -0.2) is 9.59 Å². The lowest BCUT2D eigenvalue weighted by molar-refractivity contribution is -0.141. The van der Waals surface area contributed by atoms with Gasteiger partial charge >= 0.3 is 12.1 Å². The van der Waals surface area contributed by atoms with E-state index < -0.39 is 18.1 Å². The van der Waals surface area contributed by atoms with E-state index >= 15 is 0 Å². The highest BCUT2D eigenvalue weighted by Gasteiger charge is 2.51. The van der Waals surface area contributed by atoms with Crippen LogP contribution in [0.2, 0.25) is 0 Å².